The number of hydrogen-bond donors (Lipinski definition) is 1. The van der Waals surface area contributed by atoms with Crippen LogP contribution in [0.2, 0.25) is 0 Å². The van der Waals surface area contributed by atoms with E-state index in [0.717, 1.165) is 18.5 Å². The number of amidine groups is 1. The topological polar surface area (TPSA) is 86.8 Å². The number of ether oxygens (including phenoxy) is 1. The van der Waals surface area contributed by atoms with Crippen LogP contribution in [0.25, 0.3) is 0 Å². The number of carbonyl (C=O) groups is 1. The molecule has 2 N–H and O–H groups in total. The predicted molar refractivity (Wildman–Crippen MR) is 58.1 cm³/mol. The van der Waals surface area contributed by atoms with Crippen LogP contribution in [0.4, 0.5) is 18.0 Å². The lowest BCUT2D eigenvalue weighted by molar-refractivity contribution is -0.137. The van der Waals surface area contributed by atoms with Gasteiger partial charge in [-0.15, -0.1) is 0 Å². The fourth-order valence-corrected chi connectivity index (χ4v) is 1.13. The Kier molecular flexibility index (Phi) is 4.67. The summed E-state index contributed by atoms with van der Waals surface area (Å²) >= 11 is 0. The normalized spacial score (nSPS) is 12.1. The van der Waals surface area contributed by atoms with Crippen molar-refractivity contribution in [2.75, 3.05) is 6.61 Å². The maximum Gasteiger partial charge on any atom is 0.535 e. The summed E-state index contributed by atoms with van der Waals surface area (Å²) in [6, 6.07) is 0.738. The molecule has 0 spiro atoms. The molecule has 0 atom stereocenters. The van der Waals surface area contributed by atoms with Crippen molar-refractivity contribution in [2.45, 2.75) is 13.1 Å². The molecule has 6 nitrogen and oxygen atoms in total. The highest BCUT2D eigenvalue weighted by atomic mass is 19.4. The highest BCUT2D eigenvalue weighted by Gasteiger charge is 2.34. The number of carbonyl (C=O) groups excluding carboxylic acids is 1. The zero-order valence-corrected chi connectivity index (χ0v) is 9.77. The number of alkyl halides is 3. The third-order valence-corrected chi connectivity index (χ3v) is 1.88. The molecule has 1 aromatic heterocycles. The van der Waals surface area contributed by atoms with Crippen molar-refractivity contribution >= 4 is 12.0 Å². The number of aromatic nitrogens is 1. The molecule has 0 aromatic carbocycles. The first kappa shape index (κ1) is 14.7. The van der Waals surface area contributed by atoms with Crippen LogP contribution in [0.5, 0.6) is 0 Å². The second kappa shape index (κ2) is 6.03. The smallest absolute Gasteiger partial charge is 0.433 e. The molecule has 1 aromatic rings. The molecule has 0 aliphatic rings. The molecular formula is C10H10F3N3O3. The molecular weight excluding hydrogens is 267 g/mol. The Morgan fingerprint density at radius 2 is 2.21 bits per heavy atom. The zero-order chi connectivity index (χ0) is 14.5. The minimum atomic E-state index is -4.62. The van der Waals surface area contributed by atoms with Crippen LogP contribution in [0.15, 0.2) is 23.6 Å². The van der Waals surface area contributed by atoms with E-state index in [1.165, 1.54) is 6.92 Å². The minimum absolute atomic E-state index is 0.0367. The summed E-state index contributed by atoms with van der Waals surface area (Å²) in [5.74, 6) is -0.631. The number of halogens is 3. The van der Waals surface area contributed by atoms with Crippen LogP contribution in [0.3, 0.4) is 0 Å². The Labute approximate surface area is 106 Å². The molecule has 0 radical (unpaired) electrons. The number of oxime groups is 1. The minimum Gasteiger partial charge on any atom is -0.433 e. The average molecular weight is 277 g/mol. The van der Waals surface area contributed by atoms with Gasteiger partial charge in [0.1, 0.15) is 0 Å². The summed E-state index contributed by atoms with van der Waals surface area (Å²) in [4.78, 5) is 18.5. The van der Waals surface area contributed by atoms with Gasteiger partial charge in [-0.1, -0.05) is 5.16 Å². The Bertz CT molecular complexity index is 488. The van der Waals surface area contributed by atoms with Crippen LogP contribution in [-0.2, 0) is 15.8 Å². The van der Waals surface area contributed by atoms with Gasteiger partial charge in [0.25, 0.3) is 0 Å². The molecule has 0 saturated carbocycles. The van der Waals surface area contributed by atoms with Crippen molar-refractivity contribution < 1.29 is 27.5 Å². The number of nitrogens with two attached hydrogens (primary N) is 1. The molecule has 1 rings (SSSR count). The van der Waals surface area contributed by atoms with Crippen molar-refractivity contribution in [3.8, 4) is 0 Å². The maximum atomic E-state index is 12.7. The van der Waals surface area contributed by atoms with Gasteiger partial charge in [0.15, 0.2) is 5.84 Å². The lowest BCUT2D eigenvalue weighted by Gasteiger charge is -2.10. The second-order valence-electron chi connectivity index (χ2n) is 3.17. The van der Waals surface area contributed by atoms with Gasteiger partial charge in [-0.05, 0) is 13.0 Å². The van der Waals surface area contributed by atoms with E-state index in [1.807, 2.05) is 0 Å². The molecule has 9 heteroatoms. The summed E-state index contributed by atoms with van der Waals surface area (Å²) in [7, 11) is 0. The van der Waals surface area contributed by atoms with E-state index in [0.29, 0.717) is 0 Å². The monoisotopic (exact) mass is 277 g/mol. The molecule has 0 fully saturated rings. The average Bonchev–Trinajstić information content (AvgIpc) is 2.35. The van der Waals surface area contributed by atoms with Crippen molar-refractivity contribution in [2.24, 2.45) is 10.9 Å². The molecule has 0 saturated heterocycles. The van der Waals surface area contributed by atoms with E-state index < -0.39 is 29.3 Å². The molecule has 0 unspecified atom stereocenters. The third kappa shape index (κ3) is 4.12. The van der Waals surface area contributed by atoms with E-state index in [2.05, 4.69) is 19.7 Å². The largest absolute Gasteiger partial charge is 0.535 e. The lowest BCUT2D eigenvalue weighted by atomic mass is 10.1. The fourth-order valence-electron chi connectivity index (χ4n) is 1.13. The van der Waals surface area contributed by atoms with Crippen molar-refractivity contribution in [1.29, 1.82) is 0 Å². The van der Waals surface area contributed by atoms with Crippen molar-refractivity contribution in [3.63, 3.8) is 0 Å². The predicted octanol–water partition coefficient (Wildman–Crippen LogP) is 1.89. The van der Waals surface area contributed by atoms with Crippen LogP contribution < -0.4 is 5.73 Å². The van der Waals surface area contributed by atoms with Gasteiger partial charge in [0, 0.05) is 12.4 Å². The third-order valence-electron chi connectivity index (χ3n) is 1.88. The SMILES string of the molecule is CCOC(=O)O/N=C(\N)c1cnccc1C(F)(F)F. The maximum absolute atomic E-state index is 12.7. The highest BCUT2D eigenvalue weighted by molar-refractivity contribution is 5.98. The van der Waals surface area contributed by atoms with Gasteiger partial charge in [-0.3, -0.25) is 9.82 Å². The summed E-state index contributed by atoms with van der Waals surface area (Å²) < 4.78 is 42.3. The molecule has 0 bridgehead atoms. The first-order chi connectivity index (χ1) is 8.86. The molecule has 1 heterocycles. The standard InChI is InChI=1S/C10H10F3N3O3/c1-2-18-9(17)19-16-8(14)6-5-15-4-3-7(6)10(11,12)13/h3-5H,2H2,1H3,(H2,14,16). The number of hydrogen-bond acceptors (Lipinski definition) is 5. The molecule has 0 aliphatic heterocycles. The van der Waals surface area contributed by atoms with Crippen molar-refractivity contribution in [3.05, 3.63) is 29.6 Å². The van der Waals surface area contributed by atoms with Gasteiger partial charge in [0.2, 0.25) is 0 Å². The quantitative estimate of drug-likeness (QED) is 0.300. The van der Waals surface area contributed by atoms with E-state index in [4.69, 9.17) is 5.73 Å². The second-order valence-corrected chi connectivity index (χ2v) is 3.17. The Morgan fingerprint density at radius 3 is 2.79 bits per heavy atom. The number of pyridine rings is 1. The Balaban J connectivity index is 2.97. The van der Waals surface area contributed by atoms with E-state index in [-0.39, 0.29) is 6.61 Å². The summed E-state index contributed by atoms with van der Waals surface area (Å²) in [6.45, 7) is 1.56. The van der Waals surface area contributed by atoms with Gasteiger partial charge >= 0.3 is 12.3 Å². The van der Waals surface area contributed by atoms with Gasteiger partial charge in [-0.2, -0.15) is 13.2 Å². The van der Waals surface area contributed by atoms with Crippen LogP contribution in [0, 0.1) is 0 Å². The fraction of sp³-hybridized carbons (Fsp3) is 0.300. The Hall–Kier alpha value is -2.32. The Morgan fingerprint density at radius 1 is 1.53 bits per heavy atom. The van der Waals surface area contributed by atoms with E-state index in [9.17, 15) is 18.0 Å². The lowest BCUT2D eigenvalue weighted by Crippen LogP contribution is -2.21. The van der Waals surface area contributed by atoms with Crippen molar-refractivity contribution in [1.82, 2.24) is 4.98 Å². The van der Waals surface area contributed by atoms with Gasteiger partial charge in [0.05, 0.1) is 17.7 Å². The highest BCUT2D eigenvalue weighted by Crippen LogP contribution is 2.31. The van der Waals surface area contributed by atoms with Crippen LogP contribution in [0.1, 0.15) is 18.1 Å². The number of nitrogens with zero attached hydrogens (tertiary/aromatic N) is 2. The molecule has 0 aliphatic carbocycles. The number of rotatable bonds is 3. The first-order valence-corrected chi connectivity index (χ1v) is 5.05. The first-order valence-electron chi connectivity index (χ1n) is 5.05. The van der Waals surface area contributed by atoms with Gasteiger partial charge in [-0.25, -0.2) is 4.79 Å². The zero-order valence-electron chi connectivity index (χ0n) is 9.77. The molecule has 104 valence electrons. The van der Waals surface area contributed by atoms with Crippen LogP contribution >= 0.6 is 0 Å². The van der Waals surface area contributed by atoms with E-state index in [1.54, 1.807) is 0 Å². The molecule has 0 amide bonds. The van der Waals surface area contributed by atoms with E-state index >= 15 is 0 Å². The summed E-state index contributed by atoms with van der Waals surface area (Å²) in [6.07, 6.45) is -3.95. The van der Waals surface area contributed by atoms with Gasteiger partial charge < -0.3 is 10.5 Å². The summed E-state index contributed by atoms with van der Waals surface area (Å²) in [5, 5.41) is 3.07. The van der Waals surface area contributed by atoms with Crippen LogP contribution in [-0.4, -0.2) is 23.6 Å². The molecule has 19 heavy (non-hydrogen) atoms. The summed E-state index contributed by atoms with van der Waals surface area (Å²) in [5.41, 5.74) is 3.80.